The van der Waals surface area contributed by atoms with E-state index in [0.717, 1.165) is 13.1 Å². The minimum Gasteiger partial charge on any atom is -0.197 e. The summed E-state index contributed by atoms with van der Waals surface area (Å²) in [7, 11) is 0. The Morgan fingerprint density at radius 3 is 1.48 bits per heavy atom. The first-order chi connectivity index (χ1) is 15.2. The topological polar surface area (TPSA) is 15.9 Å². The lowest BCUT2D eigenvalue weighted by atomic mass is 10.1. The fraction of sp³-hybridized carbons (Fsp3) is 0.333. The second kappa shape index (κ2) is 5.97. The highest BCUT2D eigenvalue weighted by molar-refractivity contribution is 6.02. The van der Waals surface area contributed by atoms with Crippen molar-refractivity contribution in [3.63, 3.8) is 0 Å². The van der Waals surface area contributed by atoms with Gasteiger partial charge in [0.1, 0.15) is 11.4 Å². The van der Waals surface area contributed by atoms with E-state index in [1.54, 1.807) is 0 Å². The Hall–Kier alpha value is -3.14. The number of hydrogen-bond donors (Lipinski definition) is 0. The van der Waals surface area contributed by atoms with Crippen LogP contribution in [0.25, 0.3) is 21.5 Å². The Balaban J connectivity index is 1.66. The molecule has 0 N–H and O–H groups in total. The van der Waals surface area contributed by atoms with Crippen LogP contribution in [-0.2, 0) is 5.91 Å². The summed E-state index contributed by atoms with van der Waals surface area (Å²) in [4.78, 5) is 0. The van der Waals surface area contributed by atoms with Gasteiger partial charge in [-0.05, 0) is 26.7 Å². The van der Waals surface area contributed by atoms with Gasteiger partial charge in [-0.3, -0.25) is 0 Å². The summed E-state index contributed by atoms with van der Waals surface area (Å²) in [5.41, 5.74) is 5.40. The molecule has 154 valence electrons. The molecular formula is C27H28N4+2. The molecule has 0 saturated carbocycles. The van der Waals surface area contributed by atoms with Crippen LogP contribution >= 0.6 is 0 Å². The van der Waals surface area contributed by atoms with Crippen LogP contribution in [0.2, 0.25) is 0 Å². The van der Waals surface area contributed by atoms with E-state index in [4.69, 9.17) is 0 Å². The summed E-state index contributed by atoms with van der Waals surface area (Å²) < 4.78 is 10.5. The Labute approximate surface area is 182 Å². The number of rotatable bonds is 0. The van der Waals surface area contributed by atoms with E-state index in [-0.39, 0.29) is 5.91 Å². The molecule has 7 rings (SSSR count). The maximum atomic E-state index is 2.63. The Bertz CT molecular complexity index is 1350. The van der Waals surface area contributed by atoms with Crippen molar-refractivity contribution in [3.8, 4) is 0 Å². The van der Waals surface area contributed by atoms with Gasteiger partial charge in [0, 0.05) is 45.8 Å². The zero-order valence-corrected chi connectivity index (χ0v) is 18.3. The van der Waals surface area contributed by atoms with E-state index in [1.807, 2.05) is 0 Å². The first-order valence-electron chi connectivity index (χ1n) is 11.7. The average molecular weight is 409 g/mol. The summed E-state index contributed by atoms with van der Waals surface area (Å²) in [6, 6.07) is 17.8. The molecule has 3 aliphatic rings. The molecule has 0 unspecified atom stereocenters. The van der Waals surface area contributed by atoms with E-state index < -0.39 is 0 Å². The zero-order valence-electron chi connectivity index (χ0n) is 18.3. The Kier molecular flexibility index (Phi) is 3.38. The number of benzene rings is 2. The summed E-state index contributed by atoms with van der Waals surface area (Å²) in [6.45, 7) is 6.76. The smallest absolute Gasteiger partial charge is 0.197 e. The van der Waals surface area contributed by atoms with Crippen molar-refractivity contribution < 1.29 is 9.15 Å². The van der Waals surface area contributed by atoms with Crippen molar-refractivity contribution in [2.75, 3.05) is 13.1 Å². The third kappa shape index (κ3) is 1.97. The molecule has 4 aromatic rings. The second-order valence-corrected chi connectivity index (χ2v) is 9.36. The van der Waals surface area contributed by atoms with Crippen molar-refractivity contribution >= 4 is 34.0 Å². The highest BCUT2D eigenvalue weighted by atomic mass is 15.6. The van der Waals surface area contributed by atoms with Crippen molar-refractivity contribution in [1.82, 2.24) is 9.13 Å². The van der Waals surface area contributed by atoms with Gasteiger partial charge < -0.3 is 0 Å². The highest BCUT2D eigenvalue weighted by Gasteiger charge is 2.66. The fourth-order valence-electron chi connectivity index (χ4n) is 6.51. The number of aromatic nitrogens is 2. The maximum Gasteiger partial charge on any atom is 0.541 e. The lowest BCUT2D eigenvalue weighted by Crippen LogP contribution is -2.55. The summed E-state index contributed by atoms with van der Waals surface area (Å²) in [5, 5.41) is 5.46. The molecule has 1 fully saturated rings. The lowest BCUT2D eigenvalue weighted by molar-refractivity contribution is -0.858. The summed E-state index contributed by atoms with van der Waals surface area (Å²) in [5.74, 6) is -0.360. The van der Waals surface area contributed by atoms with Gasteiger partial charge in [-0.2, -0.15) is 9.13 Å². The molecule has 5 heterocycles. The Morgan fingerprint density at radius 1 is 0.613 bits per heavy atom. The number of aryl methyl sites for hydroxylation is 2. The van der Waals surface area contributed by atoms with Crippen LogP contribution < -0.4 is 0 Å². The van der Waals surface area contributed by atoms with Crippen LogP contribution in [0.4, 0.5) is 0 Å². The molecule has 4 nitrogen and oxygen atoms in total. The molecule has 4 heteroatoms. The van der Waals surface area contributed by atoms with Crippen molar-refractivity contribution in [3.05, 3.63) is 71.3 Å². The highest BCUT2D eigenvalue weighted by Crippen LogP contribution is 2.43. The minimum atomic E-state index is -0.360. The average Bonchev–Trinajstić information content (AvgIpc) is 3.47. The molecule has 0 bridgehead atoms. The van der Waals surface area contributed by atoms with Crippen LogP contribution in [0.3, 0.4) is 0 Å². The maximum absolute atomic E-state index is 2.63. The Morgan fingerprint density at radius 2 is 1.03 bits per heavy atom. The predicted molar refractivity (Wildman–Crippen MR) is 126 cm³/mol. The van der Waals surface area contributed by atoms with Gasteiger partial charge in [0.15, 0.2) is 25.5 Å². The molecule has 0 aliphatic carbocycles. The van der Waals surface area contributed by atoms with E-state index in [2.05, 4.69) is 93.1 Å². The normalized spacial score (nSPS) is 19.2. The van der Waals surface area contributed by atoms with Gasteiger partial charge in [-0.15, -0.1) is 9.15 Å². The quantitative estimate of drug-likeness (QED) is 0.372. The summed E-state index contributed by atoms with van der Waals surface area (Å²) in [6.07, 6.45) is 9.98. The van der Waals surface area contributed by atoms with Crippen molar-refractivity contribution in [2.45, 2.75) is 45.4 Å². The molecule has 2 aromatic heterocycles. The number of nitrogens with zero attached hydrogens (tertiary/aromatic N) is 4. The lowest BCUT2D eigenvalue weighted by Gasteiger charge is -2.25. The molecule has 2 aromatic carbocycles. The molecule has 1 saturated heterocycles. The summed E-state index contributed by atoms with van der Waals surface area (Å²) >= 11 is 0. The standard InChI is InChI=1S/C27H28N4/c1-19-21-11-5-7-13-23(21)25-17-28-15-9-3-4-10-16-29-18-26-24-14-8-6-12-22(24)20(2)31(26)27(28,29)30(19)25/h5-8,11-14,17-18H,3-4,9-10,15-16H2,1-2H3/q+2. The van der Waals surface area contributed by atoms with E-state index >= 15 is 0 Å². The molecule has 31 heavy (non-hydrogen) atoms. The van der Waals surface area contributed by atoms with Gasteiger partial charge in [-0.25, -0.2) is 0 Å². The SMILES string of the molecule is Cc1c2ccccc2c2n1C13n4c(C)c5ccccc5c4C=[N+]1CCCCCC[N+]3=C2. The van der Waals surface area contributed by atoms with Gasteiger partial charge in [0.05, 0.1) is 0 Å². The zero-order chi connectivity index (χ0) is 20.7. The molecule has 3 aliphatic heterocycles. The van der Waals surface area contributed by atoms with Gasteiger partial charge in [-0.1, -0.05) is 48.5 Å². The van der Waals surface area contributed by atoms with Gasteiger partial charge in [0.2, 0.25) is 0 Å². The van der Waals surface area contributed by atoms with Gasteiger partial charge >= 0.3 is 5.91 Å². The van der Waals surface area contributed by atoms with E-state index in [1.165, 1.54) is 70.0 Å². The fourth-order valence-corrected chi connectivity index (χ4v) is 6.51. The first kappa shape index (κ1) is 17.5. The molecular weight excluding hydrogens is 380 g/mol. The van der Waals surface area contributed by atoms with Crippen molar-refractivity contribution in [1.29, 1.82) is 0 Å². The van der Waals surface area contributed by atoms with Gasteiger partial charge in [0.25, 0.3) is 0 Å². The molecule has 0 amide bonds. The number of fused-ring (bicyclic) bond motifs is 6. The van der Waals surface area contributed by atoms with Crippen LogP contribution in [0, 0.1) is 13.8 Å². The largest absolute Gasteiger partial charge is 0.541 e. The van der Waals surface area contributed by atoms with Crippen molar-refractivity contribution in [2.24, 2.45) is 0 Å². The van der Waals surface area contributed by atoms with Crippen LogP contribution in [0.5, 0.6) is 0 Å². The van der Waals surface area contributed by atoms with E-state index in [9.17, 15) is 0 Å². The first-order valence-corrected chi connectivity index (χ1v) is 11.7. The predicted octanol–water partition coefficient (Wildman–Crippen LogP) is 4.79. The number of hydrogen-bond acceptors (Lipinski definition) is 0. The third-order valence-corrected chi connectivity index (χ3v) is 7.81. The second-order valence-electron chi connectivity index (χ2n) is 9.36. The minimum absolute atomic E-state index is 0.360. The molecule has 0 radical (unpaired) electrons. The van der Waals surface area contributed by atoms with E-state index in [0.29, 0.717) is 0 Å². The third-order valence-electron chi connectivity index (χ3n) is 7.81. The molecule has 1 spiro atoms. The molecule has 0 atom stereocenters. The van der Waals surface area contributed by atoms with Crippen LogP contribution in [0.1, 0.15) is 48.5 Å². The van der Waals surface area contributed by atoms with Crippen LogP contribution in [-0.4, -0.2) is 43.8 Å². The monoisotopic (exact) mass is 408 g/mol. The van der Waals surface area contributed by atoms with Crippen LogP contribution in [0.15, 0.2) is 48.5 Å².